The van der Waals surface area contributed by atoms with Crippen LogP contribution in [0.4, 0.5) is 4.39 Å². The van der Waals surface area contributed by atoms with Crippen LogP contribution < -0.4 is 5.73 Å². The molecular weight excluding hydrogens is 391 g/mol. The summed E-state index contributed by atoms with van der Waals surface area (Å²) in [6, 6.07) is 14.0. The van der Waals surface area contributed by atoms with Crippen LogP contribution in [0.15, 0.2) is 64.8 Å². The molecule has 0 spiro atoms. The van der Waals surface area contributed by atoms with Gasteiger partial charge in [0.25, 0.3) is 0 Å². The third-order valence-electron chi connectivity index (χ3n) is 4.93. The second-order valence-corrected chi connectivity index (χ2v) is 8.56. The van der Waals surface area contributed by atoms with Crippen molar-refractivity contribution in [2.75, 3.05) is 12.8 Å². The predicted octanol–water partition coefficient (Wildman–Crippen LogP) is 3.25. The standard InChI is InChI=1S/C21H23FN4O2S/c1-14(15-7-5-4-6-8-15)11-19(25-27)16-9-10-18(22)17(12-16)21(2)13-29(28)26(3)20(23)24-21/h4-12,27H,13H2,1-3H3,(H2,23,24)/b14-11+,25-19+/t21-,29?/m0/s1. The van der Waals surface area contributed by atoms with Gasteiger partial charge in [0.05, 0.1) is 5.75 Å². The lowest BCUT2D eigenvalue weighted by molar-refractivity contribution is 0.320. The highest BCUT2D eigenvalue weighted by Gasteiger charge is 2.37. The molecule has 2 atom stereocenters. The maximum Gasteiger partial charge on any atom is 0.204 e. The summed E-state index contributed by atoms with van der Waals surface area (Å²) in [6.07, 6.45) is 1.72. The van der Waals surface area contributed by atoms with E-state index in [1.54, 1.807) is 26.1 Å². The summed E-state index contributed by atoms with van der Waals surface area (Å²) in [5, 5.41) is 13.0. The van der Waals surface area contributed by atoms with Crippen molar-refractivity contribution in [3.05, 3.63) is 77.1 Å². The van der Waals surface area contributed by atoms with Crippen molar-refractivity contribution in [2.45, 2.75) is 19.4 Å². The lowest BCUT2D eigenvalue weighted by Gasteiger charge is -2.34. The highest BCUT2D eigenvalue weighted by molar-refractivity contribution is 7.83. The van der Waals surface area contributed by atoms with Crippen LogP contribution in [0.25, 0.3) is 5.57 Å². The minimum absolute atomic E-state index is 0.0813. The number of rotatable bonds is 4. The third kappa shape index (κ3) is 4.22. The lowest BCUT2D eigenvalue weighted by atomic mass is 9.91. The molecule has 0 bridgehead atoms. The first-order valence-corrected chi connectivity index (χ1v) is 10.3. The van der Waals surface area contributed by atoms with Gasteiger partial charge < -0.3 is 10.9 Å². The molecule has 1 aliphatic rings. The second kappa shape index (κ2) is 8.16. The minimum Gasteiger partial charge on any atom is -0.410 e. The van der Waals surface area contributed by atoms with Gasteiger partial charge in [-0.05, 0) is 49.3 Å². The first-order chi connectivity index (χ1) is 13.7. The van der Waals surface area contributed by atoms with Crippen molar-refractivity contribution in [3.63, 3.8) is 0 Å². The van der Waals surface area contributed by atoms with E-state index >= 15 is 0 Å². The number of halogens is 1. The molecular formula is C21H23FN4O2S. The Kier molecular flexibility index (Phi) is 5.83. The second-order valence-electron chi connectivity index (χ2n) is 7.08. The quantitative estimate of drug-likeness (QED) is 0.457. The summed E-state index contributed by atoms with van der Waals surface area (Å²) in [6.45, 7) is 3.59. The summed E-state index contributed by atoms with van der Waals surface area (Å²) >= 11 is 0. The van der Waals surface area contributed by atoms with Crippen LogP contribution in [-0.4, -0.2) is 38.2 Å². The lowest BCUT2D eigenvalue weighted by Crippen LogP contribution is -2.47. The number of hydrogen-bond donors (Lipinski definition) is 2. The summed E-state index contributed by atoms with van der Waals surface area (Å²) in [5.74, 6) is -0.317. The Morgan fingerprint density at radius 1 is 1.31 bits per heavy atom. The van der Waals surface area contributed by atoms with Crippen LogP contribution in [0.2, 0.25) is 0 Å². The van der Waals surface area contributed by atoms with E-state index in [-0.39, 0.29) is 23.0 Å². The maximum absolute atomic E-state index is 14.7. The molecule has 29 heavy (non-hydrogen) atoms. The van der Waals surface area contributed by atoms with E-state index < -0.39 is 22.3 Å². The Hall–Kier alpha value is -3.00. The van der Waals surface area contributed by atoms with Crippen LogP contribution >= 0.6 is 0 Å². The zero-order valence-electron chi connectivity index (χ0n) is 16.5. The molecule has 3 rings (SSSR count). The number of hydrogen-bond acceptors (Lipinski definition) is 5. The summed E-state index contributed by atoms with van der Waals surface area (Å²) in [4.78, 5) is 4.38. The highest BCUT2D eigenvalue weighted by atomic mass is 32.2. The van der Waals surface area contributed by atoms with Crippen molar-refractivity contribution in [3.8, 4) is 0 Å². The van der Waals surface area contributed by atoms with Crippen molar-refractivity contribution in [1.82, 2.24) is 4.31 Å². The molecule has 0 amide bonds. The van der Waals surface area contributed by atoms with Crippen molar-refractivity contribution < 1.29 is 13.8 Å². The number of aliphatic imine (C=N–C) groups is 1. The SMILES string of the molecule is C/C(=C\C(=N/O)c1ccc(F)c([C@]2(C)CS(=O)N(C)C(N)=N2)c1)c1ccccc1. The molecule has 0 fully saturated rings. The van der Waals surface area contributed by atoms with Gasteiger partial charge in [-0.3, -0.25) is 4.31 Å². The van der Waals surface area contributed by atoms with E-state index in [2.05, 4.69) is 10.1 Å². The van der Waals surface area contributed by atoms with Crippen molar-refractivity contribution in [2.24, 2.45) is 15.9 Å². The summed E-state index contributed by atoms with van der Waals surface area (Å²) < 4.78 is 28.4. The Labute approximate surface area is 171 Å². The zero-order valence-corrected chi connectivity index (χ0v) is 17.3. The monoisotopic (exact) mass is 414 g/mol. The Balaban J connectivity index is 2.04. The van der Waals surface area contributed by atoms with Crippen molar-refractivity contribution in [1.29, 1.82) is 0 Å². The molecule has 8 heteroatoms. The smallest absolute Gasteiger partial charge is 0.204 e. The molecule has 0 saturated carbocycles. The van der Waals surface area contributed by atoms with Gasteiger partial charge in [0.1, 0.15) is 28.1 Å². The minimum atomic E-state index is -1.43. The number of nitrogens with two attached hydrogens (primary N) is 1. The molecule has 0 radical (unpaired) electrons. The van der Waals surface area contributed by atoms with Gasteiger partial charge in [-0.15, -0.1) is 0 Å². The Morgan fingerprint density at radius 2 is 2.00 bits per heavy atom. The molecule has 1 aliphatic heterocycles. The summed E-state index contributed by atoms with van der Waals surface area (Å²) in [5.41, 5.74) is 7.68. The molecule has 0 aliphatic carbocycles. The normalized spacial score (nSPS) is 23.1. The Morgan fingerprint density at radius 3 is 2.62 bits per heavy atom. The van der Waals surface area contributed by atoms with Gasteiger partial charge in [-0.25, -0.2) is 13.6 Å². The third-order valence-corrected chi connectivity index (χ3v) is 6.53. The molecule has 152 valence electrons. The van der Waals surface area contributed by atoms with Crippen LogP contribution in [0.3, 0.4) is 0 Å². The maximum atomic E-state index is 14.7. The number of oxime groups is 1. The number of allylic oxidation sites excluding steroid dienone is 2. The molecule has 3 N–H and O–H groups in total. The van der Waals surface area contributed by atoms with Crippen LogP contribution in [0.1, 0.15) is 30.5 Å². The molecule has 2 aromatic rings. The van der Waals surface area contributed by atoms with E-state index in [1.165, 1.54) is 16.4 Å². The van der Waals surface area contributed by atoms with E-state index in [0.29, 0.717) is 5.56 Å². The zero-order chi connectivity index (χ0) is 21.2. The van der Waals surface area contributed by atoms with E-state index in [4.69, 9.17) is 5.73 Å². The number of guanidine groups is 1. The molecule has 0 aromatic heterocycles. The molecule has 2 aromatic carbocycles. The van der Waals surface area contributed by atoms with Crippen LogP contribution in [0.5, 0.6) is 0 Å². The topological polar surface area (TPSA) is 91.3 Å². The van der Waals surface area contributed by atoms with Gasteiger partial charge in [0.2, 0.25) is 5.96 Å². The largest absolute Gasteiger partial charge is 0.410 e. The van der Waals surface area contributed by atoms with Gasteiger partial charge in [-0.2, -0.15) is 0 Å². The fourth-order valence-electron chi connectivity index (χ4n) is 3.19. The first-order valence-electron chi connectivity index (χ1n) is 8.99. The number of nitrogens with zero attached hydrogens (tertiary/aromatic N) is 3. The highest BCUT2D eigenvalue weighted by Crippen LogP contribution is 2.33. The average Bonchev–Trinajstić information content (AvgIpc) is 2.71. The van der Waals surface area contributed by atoms with Gasteiger partial charge in [-0.1, -0.05) is 35.5 Å². The average molecular weight is 415 g/mol. The first kappa shape index (κ1) is 20.7. The van der Waals surface area contributed by atoms with E-state index in [1.807, 2.05) is 37.3 Å². The van der Waals surface area contributed by atoms with Crippen molar-refractivity contribution >= 4 is 28.2 Å². The fraction of sp³-hybridized carbons (Fsp3) is 0.238. The van der Waals surface area contributed by atoms with Crippen LogP contribution in [-0.2, 0) is 16.5 Å². The van der Waals surface area contributed by atoms with Crippen LogP contribution in [0, 0.1) is 5.82 Å². The van der Waals surface area contributed by atoms with E-state index in [0.717, 1.165) is 11.1 Å². The molecule has 6 nitrogen and oxygen atoms in total. The fourth-order valence-corrected chi connectivity index (χ4v) is 4.34. The molecule has 0 saturated heterocycles. The Bertz CT molecular complexity index is 1040. The predicted molar refractivity (Wildman–Crippen MR) is 115 cm³/mol. The van der Waals surface area contributed by atoms with Gasteiger partial charge in [0, 0.05) is 18.2 Å². The summed E-state index contributed by atoms with van der Waals surface area (Å²) in [7, 11) is 0.151. The molecule has 1 unspecified atom stereocenters. The molecule has 1 heterocycles. The number of benzene rings is 2. The van der Waals surface area contributed by atoms with Gasteiger partial charge >= 0.3 is 0 Å². The van der Waals surface area contributed by atoms with Gasteiger partial charge in [0.15, 0.2) is 0 Å². The van der Waals surface area contributed by atoms with E-state index in [9.17, 15) is 13.8 Å².